The fraction of sp³-hybridized carbons (Fsp3) is 0.0909. The van der Waals surface area contributed by atoms with Crippen LogP contribution in [0.1, 0.15) is 21.5 Å². The lowest BCUT2D eigenvalue weighted by molar-refractivity contribution is 0.0695. The van der Waals surface area contributed by atoms with E-state index in [1.807, 2.05) is 43.3 Å². The minimum absolute atomic E-state index is 0.193. The number of nitrogens with one attached hydrogen (secondary N) is 1. The monoisotopic (exact) mass is 392 g/mol. The molecule has 6 heteroatoms. The first-order valence-electron chi connectivity index (χ1n) is 8.69. The number of aromatic nitrogens is 2. The lowest BCUT2D eigenvalue weighted by atomic mass is 10.0. The first-order chi connectivity index (χ1) is 13.4. The smallest absolute Gasteiger partial charge is 0.336 e. The van der Waals surface area contributed by atoms with Gasteiger partial charge >= 0.3 is 5.97 Å². The summed E-state index contributed by atoms with van der Waals surface area (Å²) < 4.78 is 5.75. The Morgan fingerprint density at radius 2 is 1.82 bits per heavy atom. The number of H-pyrrole nitrogens is 1. The quantitative estimate of drug-likeness (QED) is 0.447. The maximum Gasteiger partial charge on any atom is 0.336 e. The van der Waals surface area contributed by atoms with Crippen molar-refractivity contribution >= 4 is 28.6 Å². The summed E-state index contributed by atoms with van der Waals surface area (Å²) in [6.07, 6.45) is 0. The third kappa shape index (κ3) is 3.32. The van der Waals surface area contributed by atoms with Gasteiger partial charge in [0.25, 0.3) is 6.01 Å². The Morgan fingerprint density at radius 3 is 2.57 bits per heavy atom. The van der Waals surface area contributed by atoms with Crippen LogP contribution < -0.4 is 4.74 Å². The summed E-state index contributed by atoms with van der Waals surface area (Å²) in [6, 6.07) is 16.9. The molecule has 0 fully saturated rings. The van der Waals surface area contributed by atoms with Gasteiger partial charge in [0.05, 0.1) is 21.6 Å². The van der Waals surface area contributed by atoms with E-state index >= 15 is 0 Å². The Balaban J connectivity index is 1.72. The zero-order valence-corrected chi connectivity index (χ0v) is 16.0. The molecular formula is C22H17ClN2O3. The van der Waals surface area contributed by atoms with Gasteiger partial charge in [-0.1, -0.05) is 41.9 Å². The largest absolute Gasteiger partial charge is 0.478 e. The van der Waals surface area contributed by atoms with Gasteiger partial charge in [-0.15, -0.1) is 0 Å². The van der Waals surface area contributed by atoms with E-state index in [0.29, 0.717) is 21.9 Å². The number of aryl methyl sites for hydroxylation is 2. The van der Waals surface area contributed by atoms with Gasteiger partial charge in [0.2, 0.25) is 0 Å². The molecular weight excluding hydrogens is 376 g/mol. The van der Waals surface area contributed by atoms with Crippen LogP contribution in [0.2, 0.25) is 5.02 Å². The molecule has 0 saturated carbocycles. The highest BCUT2D eigenvalue weighted by atomic mass is 35.5. The summed E-state index contributed by atoms with van der Waals surface area (Å²) in [7, 11) is 0. The summed E-state index contributed by atoms with van der Waals surface area (Å²) in [4.78, 5) is 18.9. The van der Waals surface area contributed by atoms with E-state index in [0.717, 1.165) is 22.2 Å². The molecule has 2 N–H and O–H groups in total. The molecule has 0 aliphatic rings. The molecule has 0 saturated heterocycles. The number of carboxylic acid groups (broad SMARTS) is 1. The van der Waals surface area contributed by atoms with Crippen LogP contribution in [0.5, 0.6) is 11.8 Å². The molecule has 1 aromatic heterocycles. The lowest BCUT2D eigenvalue weighted by Crippen LogP contribution is -2.00. The first kappa shape index (κ1) is 18.1. The zero-order valence-electron chi connectivity index (χ0n) is 15.3. The number of carbonyl (C=O) groups is 1. The van der Waals surface area contributed by atoms with Crippen molar-refractivity contribution < 1.29 is 14.6 Å². The van der Waals surface area contributed by atoms with E-state index in [4.69, 9.17) is 16.3 Å². The van der Waals surface area contributed by atoms with Crippen molar-refractivity contribution in [2.45, 2.75) is 13.8 Å². The number of rotatable bonds is 4. The van der Waals surface area contributed by atoms with Crippen molar-refractivity contribution in [3.63, 3.8) is 0 Å². The van der Waals surface area contributed by atoms with E-state index < -0.39 is 5.97 Å². The van der Waals surface area contributed by atoms with E-state index in [9.17, 15) is 9.90 Å². The number of nitrogens with zero attached hydrogens (tertiary/aromatic N) is 1. The standard InChI is InChI=1S/C22H17ClN2O3/c1-12-5-3-4-6-15(12)17-10-19-20(11-18(17)23)25-22(24-19)28-14-8-7-13(2)16(9-14)21(26)27/h3-11H,1-2H3,(H,24,25)(H,26,27). The van der Waals surface area contributed by atoms with Gasteiger partial charge < -0.3 is 14.8 Å². The summed E-state index contributed by atoms with van der Waals surface area (Å²) in [5.41, 5.74) is 5.37. The summed E-state index contributed by atoms with van der Waals surface area (Å²) >= 11 is 6.50. The van der Waals surface area contributed by atoms with Crippen molar-refractivity contribution in [1.29, 1.82) is 0 Å². The minimum atomic E-state index is -0.998. The summed E-state index contributed by atoms with van der Waals surface area (Å²) in [5, 5.41) is 9.88. The molecule has 0 amide bonds. The molecule has 0 atom stereocenters. The summed E-state index contributed by atoms with van der Waals surface area (Å²) in [5.74, 6) is -0.602. The van der Waals surface area contributed by atoms with Crippen LogP contribution in [0, 0.1) is 13.8 Å². The van der Waals surface area contributed by atoms with E-state index in [-0.39, 0.29) is 11.6 Å². The highest BCUT2D eigenvalue weighted by molar-refractivity contribution is 6.34. The van der Waals surface area contributed by atoms with Crippen LogP contribution in [0.3, 0.4) is 0 Å². The predicted molar refractivity (Wildman–Crippen MR) is 109 cm³/mol. The molecule has 4 aromatic rings. The number of aromatic carboxylic acids is 1. The van der Waals surface area contributed by atoms with Gasteiger partial charge in [-0.2, -0.15) is 4.98 Å². The van der Waals surface area contributed by atoms with Crippen molar-refractivity contribution in [3.05, 3.63) is 76.3 Å². The molecule has 4 rings (SSSR count). The minimum Gasteiger partial charge on any atom is -0.478 e. The summed E-state index contributed by atoms with van der Waals surface area (Å²) in [6.45, 7) is 3.77. The number of aromatic amines is 1. The van der Waals surface area contributed by atoms with Crippen LogP contribution in [-0.4, -0.2) is 21.0 Å². The maximum atomic E-state index is 11.3. The second kappa shape index (κ2) is 7.02. The van der Waals surface area contributed by atoms with Gasteiger partial charge in [0.1, 0.15) is 5.75 Å². The Bertz CT molecular complexity index is 1210. The fourth-order valence-electron chi connectivity index (χ4n) is 3.14. The van der Waals surface area contributed by atoms with E-state index in [2.05, 4.69) is 9.97 Å². The number of carboxylic acids is 1. The van der Waals surface area contributed by atoms with Crippen molar-refractivity contribution in [1.82, 2.24) is 9.97 Å². The van der Waals surface area contributed by atoms with Crippen molar-refractivity contribution in [3.8, 4) is 22.9 Å². The second-order valence-electron chi connectivity index (χ2n) is 6.59. The maximum absolute atomic E-state index is 11.3. The van der Waals surface area contributed by atoms with Gasteiger partial charge in [0.15, 0.2) is 0 Å². The van der Waals surface area contributed by atoms with Gasteiger partial charge in [-0.3, -0.25) is 0 Å². The molecule has 0 unspecified atom stereocenters. The van der Waals surface area contributed by atoms with Gasteiger partial charge in [-0.25, -0.2) is 4.79 Å². The molecule has 0 bridgehead atoms. The molecule has 0 aliphatic carbocycles. The number of ether oxygens (including phenoxy) is 1. The predicted octanol–water partition coefficient (Wildman–Crippen LogP) is 5.99. The Hall–Kier alpha value is -3.31. The van der Waals surface area contributed by atoms with Gasteiger partial charge in [0, 0.05) is 5.56 Å². The Kier molecular flexibility index (Phi) is 4.53. The van der Waals surface area contributed by atoms with Crippen LogP contribution in [0.25, 0.3) is 22.2 Å². The zero-order chi connectivity index (χ0) is 19.8. The average molecular weight is 393 g/mol. The molecule has 0 radical (unpaired) electrons. The van der Waals surface area contributed by atoms with Crippen molar-refractivity contribution in [2.24, 2.45) is 0 Å². The van der Waals surface area contributed by atoms with Crippen LogP contribution in [-0.2, 0) is 0 Å². The highest BCUT2D eigenvalue weighted by Crippen LogP contribution is 2.34. The topological polar surface area (TPSA) is 75.2 Å². The fourth-order valence-corrected chi connectivity index (χ4v) is 3.41. The Morgan fingerprint density at radius 1 is 1.04 bits per heavy atom. The average Bonchev–Trinajstić information content (AvgIpc) is 3.04. The van der Waals surface area contributed by atoms with E-state index in [1.165, 1.54) is 6.07 Å². The molecule has 140 valence electrons. The molecule has 28 heavy (non-hydrogen) atoms. The number of halogens is 1. The van der Waals surface area contributed by atoms with Crippen LogP contribution in [0.4, 0.5) is 0 Å². The van der Waals surface area contributed by atoms with Crippen LogP contribution >= 0.6 is 11.6 Å². The SMILES string of the molecule is Cc1ccc(Oc2nc3cc(-c4ccccc4C)c(Cl)cc3[nH]2)cc1C(=O)O. The third-order valence-corrected chi connectivity index (χ3v) is 4.95. The molecule has 0 spiro atoms. The number of hydrogen-bond donors (Lipinski definition) is 2. The van der Waals surface area contributed by atoms with Crippen molar-refractivity contribution in [2.75, 3.05) is 0 Å². The normalized spacial score (nSPS) is 11.0. The number of fused-ring (bicyclic) bond motifs is 1. The molecule has 5 nitrogen and oxygen atoms in total. The second-order valence-corrected chi connectivity index (χ2v) is 7.00. The Labute approximate surface area is 166 Å². The third-order valence-electron chi connectivity index (χ3n) is 4.64. The van der Waals surface area contributed by atoms with E-state index in [1.54, 1.807) is 19.1 Å². The number of imidazole rings is 1. The highest BCUT2D eigenvalue weighted by Gasteiger charge is 2.13. The van der Waals surface area contributed by atoms with Gasteiger partial charge in [-0.05, 0) is 54.8 Å². The number of benzene rings is 3. The molecule has 1 heterocycles. The first-order valence-corrected chi connectivity index (χ1v) is 9.07. The number of hydrogen-bond acceptors (Lipinski definition) is 3. The molecule has 0 aliphatic heterocycles. The lowest BCUT2D eigenvalue weighted by Gasteiger charge is -2.07. The molecule has 3 aromatic carbocycles. The van der Waals surface area contributed by atoms with Crippen LogP contribution in [0.15, 0.2) is 54.6 Å².